The normalized spacial score (nSPS) is 21.7. The zero-order chi connectivity index (χ0) is 14.1. The molecule has 1 fully saturated rings. The molecule has 0 amide bonds. The third-order valence-electron chi connectivity index (χ3n) is 3.89. The summed E-state index contributed by atoms with van der Waals surface area (Å²) in [7, 11) is 1.98. The molecule has 106 valence electrons. The minimum Gasteiger partial charge on any atom is -0.490 e. The van der Waals surface area contributed by atoms with E-state index in [1.807, 2.05) is 32.2 Å². The van der Waals surface area contributed by atoms with Gasteiger partial charge in [0.25, 0.3) is 0 Å². The van der Waals surface area contributed by atoms with E-state index in [-0.39, 0.29) is 11.9 Å². The maximum atomic E-state index is 11.6. The molecule has 3 rings (SSSR count). The number of fused-ring (bicyclic) bond motifs is 1. The fourth-order valence-electron chi connectivity index (χ4n) is 2.50. The van der Waals surface area contributed by atoms with E-state index in [9.17, 15) is 4.79 Å². The molecule has 20 heavy (non-hydrogen) atoms. The molecule has 0 atom stereocenters. The van der Waals surface area contributed by atoms with E-state index < -0.39 is 0 Å². The quantitative estimate of drug-likeness (QED) is 0.850. The smallest absolute Gasteiger partial charge is 0.197 e. The highest BCUT2D eigenvalue weighted by Gasteiger charge is 2.29. The van der Waals surface area contributed by atoms with Gasteiger partial charge in [0.2, 0.25) is 0 Å². The summed E-state index contributed by atoms with van der Waals surface area (Å²) in [6, 6.07) is 8.08. The first-order valence-electron chi connectivity index (χ1n) is 7.10. The van der Waals surface area contributed by atoms with E-state index in [0.717, 1.165) is 29.6 Å². The molecule has 0 bridgehead atoms. The predicted molar refractivity (Wildman–Crippen MR) is 77.3 cm³/mol. The second kappa shape index (κ2) is 5.29. The van der Waals surface area contributed by atoms with Gasteiger partial charge in [0.1, 0.15) is 17.4 Å². The monoisotopic (exact) mass is 273 g/mol. The van der Waals surface area contributed by atoms with Crippen molar-refractivity contribution in [3.05, 3.63) is 30.0 Å². The number of hydrogen-bond donors (Lipinski definition) is 1. The van der Waals surface area contributed by atoms with E-state index in [0.29, 0.717) is 18.2 Å². The minimum absolute atomic E-state index is 0.0273. The highest BCUT2D eigenvalue weighted by atomic mass is 16.5. The van der Waals surface area contributed by atoms with Gasteiger partial charge in [0.05, 0.1) is 0 Å². The molecule has 1 heterocycles. The van der Waals surface area contributed by atoms with Gasteiger partial charge in [-0.25, -0.2) is 0 Å². The summed E-state index contributed by atoms with van der Waals surface area (Å²) < 4.78 is 11.5. The highest BCUT2D eigenvalue weighted by Crippen LogP contribution is 2.29. The van der Waals surface area contributed by atoms with Crippen LogP contribution in [0.2, 0.25) is 0 Å². The summed E-state index contributed by atoms with van der Waals surface area (Å²) in [4.78, 5) is 11.6. The van der Waals surface area contributed by atoms with Crippen molar-refractivity contribution in [2.24, 2.45) is 0 Å². The van der Waals surface area contributed by atoms with E-state index in [1.54, 1.807) is 6.07 Å². The number of ketones is 1. The van der Waals surface area contributed by atoms with Crippen LogP contribution in [0.25, 0.3) is 11.0 Å². The topological polar surface area (TPSA) is 51.5 Å². The molecule has 1 saturated carbocycles. The number of carbonyl (C=O) groups excluding carboxylic acids is 1. The van der Waals surface area contributed by atoms with Gasteiger partial charge in [-0.05, 0) is 44.2 Å². The van der Waals surface area contributed by atoms with Crippen LogP contribution < -0.4 is 10.1 Å². The average molecular weight is 273 g/mol. The van der Waals surface area contributed by atoms with Crippen LogP contribution in [0.4, 0.5) is 0 Å². The van der Waals surface area contributed by atoms with Crippen molar-refractivity contribution in [1.82, 2.24) is 5.32 Å². The van der Waals surface area contributed by atoms with E-state index >= 15 is 0 Å². The van der Waals surface area contributed by atoms with Gasteiger partial charge in [-0.2, -0.15) is 0 Å². The Morgan fingerprint density at radius 2 is 2.20 bits per heavy atom. The third kappa shape index (κ3) is 2.43. The fourth-order valence-corrected chi connectivity index (χ4v) is 2.50. The van der Waals surface area contributed by atoms with Crippen molar-refractivity contribution in [3.63, 3.8) is 0 Å². The van der Waals surface area contributed by atoms with Crippen molar-refractivity contribution in [2.45, 2.75) is 38.3 Å². The first-order chi connectivity index (χ1) is 9.69. The SMILES string of the molecule is CCC(=O)c1cc2cc(OC3CC(NC)C3)ccc2o1. The van der Waals surface area contributed by atoms with Crippen LogP contribution in [0, 0.1) is 0 Å². The van der Waals surface area contributed by atoms with Crippen molar-refractivity contribution in [2.75, 3.05) is 7.05 Å². The van der Waals surface area contributed by atoms with E-state index in [4.69, 9.17) is 9.15 Å². The molecule has 1 aliphatic rings. The van der Waals surface area contributed by atoms with Gasteiger partial charge in [-0.1, -0.05) is 6.92 Å². The maximum absolute atomic E-state index is 11.6. The Morgan fingerprint density at radius 3 is 2.90 bits per heavy atom. The largest absolute Gasteiger partial charge is 0.490 e. The summed E-state index contributed by atoms with van der Waals surface area (Å²) in [5.41, 5.74) is 0.732. The Hall–Kier alpha value is -1.81. The van der Waals surface area contributed by atoms with Crippen molar-refractivity contribution < 1.29 is 13.9 Å². The van der Waals surface area contributed by atoms with Crippen LogP contribution in [0.1, 0.15) is 36.7 Å². The summed E-state index contributed by atoms with van der Waals surface area (Å²) in [6.45, 7) is 1.83. The predicted octanol–water partition coefficient (Wildman–Crippen LogP) is 3.15. The van der Waals surface area contributed by atoms with Crippen LogP contribution in [-0.2, 0) is 0 Å². The fraction of sp³-hybridized carbons (Fsp3) is 0.438. The maximum Gasteiger partial charge on any atom is 0.197 e. The van der Waals surface area contributed by atoms with Gasteiger partial charge < -0.3 is 14.5 Å². The van der Waals surface area contributed by atoms with Gasteiger partial charge in [-0.15, -0.1) is 0 Å². The molecule has 0 spiro atoms. The summed E-state index contributed by atoms with van der Waals surface area (Å²) >= 11 is 0. The van der Waals surface area contributed by atoms with Crippen LogP contribution in [0.15, 0.2) is 28.7 Å². The Labute approximate surface area is 118 Å². The standard InChI is InChI=1S/C16H19NO3/c1-3-14(18)16-7-10-6-12(4-5-15(10)20-16)19-13-8-11(9-13)17-2/h4-7,11,13,17H,3,8-9H2,1-2H3. The number of rotatable bonds is 5. The lowest BCUT2D eigenvalue weighted by molar-refractivity contribution is 0.0886. The molecule has 0 unspecified atom stereocenters. The van der Waals surface area contributed by atoms with Gasteiger partial charge >= 0.3 is 0 Å². The molecule has 2 aromatic rings. The Morgan fingerprint density at radius 1 is 1.40 bits per heavy atom. The lowest BCUT2D eigenvalue weighted by Gasteiger charge is -2.35. The molecule has 0 saturated heterocycles. The number of ether oxygens (including phenoxy) is 1. The van der Waals surface area contributed by atoms with Crippen LogP contribution in [-0.4, -0.2) is 25.0 Å². The molecule has 4 nitrogen and oxygen atoms in total. The second-order valence-electron chi connectivity index (χ2n) is 5.28. The summed E-state index contributed by atoms with van der Waals surface area (Å²) in [5.74, 6) is 1.30. The zero-order valence-corrected chi connectivity index (χ0v) is 11.8. The Balaban J connectivity index is 1.75. The molecule has 0 radical (unpaired) electrons. The first kappa shape index (κ1) is 13.2. The first-order valence-corrected chi connectivity index (χ1v) is 7.10. The van der Waals surface area contributed by atoms with E-state index in [1.165, 1.54) is 0 Å². The molecule has 1 aliphatic carbocycles. The third-order valence-corrected chi connectivity index (χ3v) is 3.89. The molecule has 4 heteroatoms. The number of furan rings is 1. The Kier molecular flexibility index (Phi) is 3.49. The molecule has 1 aromatic heterocycles. The Bertz CT molecular complexity index is 626. The minimum atomic E-state index is 0.0273. The highest BCUT2D eigenvalue weighted by molar-refractivity contribution is 5.97. The van der Waals surface area contributed by atoms with Crippen molar-refractivity contribution in [3.8, 4) is 5.75 Å². The molecule has 0 aliphatic heterocycles. The molecule has 1 N–H and O–H groups in total. The number of nitrogens with one attached hydrogen (secondary N) is 1. The molecular formula is C16H19NO3. The van der Waals surface area contributed by atoms with E-state index in [2.05, 4.69) is 5.32 Å². The number of benzene rings is 1. The number of Topliss-reactive ketones (excluding diaryl/α,β-unsaturated/α-hetero) is 1. The second-order valence-corrected chi connectivity index (χ2v) is 5.28. The molecule has 1 aromatic carbocycles. The average Bonchev–Trinajstić information content (AvgIpc) is 2.84. The summed E-state index contributed by atoms with van der Waals surface area (Å²) in [5, 5.41) is 4.16. The molecular weight excluding hydrogens is 254 g/mol. The van der Waals surface area contributed by atoms with Crippen LogP contribution >= 0.6 is 0 Å². The summed E-state index contributed by atoms with van der Waals surface area (Å²) in [6.07, 6.45) is 2.82. The van der Waals surface area contributed by atoms with Crippen molar-refractivity contribution >= 4 is 16.8 Å². The van der Waals surface area contributed by atoms with Crippen LogP contribution in [0.5, 0.6) is 5.75 Å². The number of carbonyl (C=O) groups is 1. The van der Waals surface area contributed by atoms with Gasteiger partial charge in [-0.3, -0.25) is 4.79 Å². The lowest BCUT2D eigenvalue weighted by Crippen LogP contribution is -2.45. The number of hydrogen-bond acceptors (Lipinski definition) is 4. The van der Waals surface area contributed by atoms with Crippen LogP contribution in [0.3, 0.4) is 0 Å². The van der Waals surface area contributed by atoms with Gasteiger partial charge in [0.15, 0.2) is 11.5 Å². The van der Waals surface area contributed by atoms with Crippen molar-refractivity contribution in [1.29, 1.82) is 0 Å². The zero-order valence-electron chi connectivity index (χ0n) is 11.8. The van der Waals surface area contributed by atoms with Gasteiger partial charge in [0, 0.05) is 17.8 Å². The lowest BCUT2D eigenvalue weighted by atomic mass is 9.89.